The second-order valence-corrected chi connectivity index (χ2v) is 5.32. The zero-order valence-corrected chi connectivity index (χ0v) is 12.0. The van der Waals surface area contributed by atoms with E-state index in [1.165, 1.54) is 5.56 Å². The molecule has 1 saturated heterocycles. The monoisotopic (exact) mass is 276 g/mol. The predicted octanol–water partition coefficient (Wildman–Crippen LogP) is 1.49. The summed E-state index contributed by atoms with van der Waals surface area (Å²) in [6.07, 6.45) is 2.08. The average molecular weight is 276 g/mol. The number of benzene rings is 1. The highest BCUT2D eigenvalue weighted by atomic mass is 16.3. The molecule has 1 aromatic rings. The van der Waals surface area contributed by atoms with Crippen LogP contribution in [-0.4, -0.2) is 53.6 Å². The minimum absolute atomic E-state index is 0.179. The molecule has 0 spiro atoms. The molecule has 0 aromatic heterocycles. The Morgan fingerprint density at radius 1 is 1.05 bits per heavy atom. The predicted molar refractivity (Wildman–Crippen MR) is 79.2 cm³/mol. The summed E-state index contributed by atoms with van der Waals surface area (Å²) >= 11 is 0. The van der Waals surface area contributed by atoms with Crippen molar-refractivity contribution in [1.29, 1.82) is 0 Å². The molecule has 20 heavy (non-hydrogen) atoms. The molecular formula is C16H24N2O2. The summed E-state index contributed by atoms with van der Waals surface area (Å²) in [5.41, 5.74) is 1.33. The van der Waals surface area contributed by atoms with Gasteiger partial charge in [0.15, 0.2) is 0 Å². The van der Waals surface area contributed by atoms with Crippen molar-refractivity contribution in [2.45, 2.75) is 25.8 Å². The summed E-state index contributed by atoms with van der Waals surface area (Å²) in [5, 5.41) is 8.73. The smallest absolute Gasteiger partial charge is 0.222 e. The molecule has 1 aliphatic rings. The van der Waals surface area contributed by atoms with E-state index in [0.717, 1.165) is 45.6 Å². The van der Waals surface area contributed by atoms with Crippen molar-refractivity contribution in [3.05, 3.63) is 35.9 Å². The molecule has 0 atom stereocenters. The lowest BCUT2D eigenvalue weighted by Gasteiger charge is -2.34. The molecular weight excluding hydrogens is 252 g/mol. The molecule has 0 bridgehead atoms. The van der Waals surface area contributed by atoms with Crippen molar-refractivity contribution >= 4 is 5.91 Å². The van der Waals surface area contributed by atoms with Gasteiger partial charge in [-0.05, 0) is 18.4 Å². The summed E-state index contributed by atoms with van der Waals surface area (Å²) in [5.74, 6) is 0.234. The van der Waals surface area contributed by atoms with Crippen molar-refractivity contribution in [3.8, 4) is 0 Å². The van der Waals surface area contributed by atoms with Crippen LogP contribution in [0.2, 0.25) is 0 Å². The molecule has 2 rings (SSSR count). The molecule has 0 saturated carbocycles. The SMILES string of the molecule is O=C(CCCCO)N1CCN(Cc2ccccc2)CC1. The molecule has 1 heterocycles. The first kappa shape index (κ1) is 15.0. The molecule has 0 aliphatic carbocycles. The van der Waals surface area contributed by atoms with Gasteiger partial charge < -0.3 is 10.0 Å². The summed E-state index contributed by atoms with van der Waals surface area (Å²) in [6.45, 7) is 4.68. The van der Waals surface area contributed by atoms with Gasteiger partial charge in [-0.2, -0.15) is 0 Å². The fourth-order valence-electron chi connectivity index (χ4n) is 2.54. The van der Waals surface area contributed by atoms with Crippen LogP contribution in [0.4, 0.5) is 0 Å². The Hall–Kier alpha value is -1.39. The van der Waals surface area contributed by atoms with Crippen LogP contribution >= 0.6 is 0 Å². The van der Waals surface area contributed by atoms with Crippen molar-refractivity contribution in [2.24, 2.45) is 0 Å². The minimum atomic E-state index is 0.179. The summed E-state index contributed by atoms with van der Waals surface area (Å²) in [6, 6.07) is 10.5. The number of carbonyl (C=O) groups is 1. The fraction of sp³-hybridized carbons (Fsp3) is 0.562. The van der Waals surface area contributed by atoms with Gasteiger partial charge in [-0.1, -0.05) is 30.3 Å². The molecule has 1 fully saturated rings. The fourth-order valence-corrected chi connectivity index (χ4v) is 2.54. The second kappa shape index (κ2) is 8.02. The number of amides is 1. The Labute approximate surface area is 121 Å². The van der Waals surface area contributed by atoms with Gasteiger partial charge >= 0.3 is 0 Å². The van der Waals surface area contributed by atoms with Crippen molar-refractivity contribution in [1.82, 2.24) is 9.80 Å². The van der Waals surface area contributed by atoms with Crippen LogP contribution in [0.15, 0.2) is 30.3 Å². The molecule has 0 radical (unpaired) electrons. The number of aliphatic hydroxyl groups is 1. The number of hydrogen-bond acceptors (Lipinski definition) is 3. The summed E-state index contributed by atoms with van der Waals surface area (Å²) in [4.78, 5) is 16.3. The number of carbonyl (C=O) groups excluding carboxylic acids is 1. The summed E-state index contributed by atoms with van der Waals surface area (Å²) in [7, 11) is 0. The van der Waals surface area contributed by atoms with Gasteiger partial charge in [-0.15, -0.1) is 0 Å². The topological polar surface area (TPSA) is 43.8 Å². The molecule has 1 N–H and O–H groups in total. The van der Waals surface area contributed by atoms with E-state index in [1.807, 2.05) is 11.0 Å². The summed E-state index contributed by atoms with van der Waals surface area (Å²) < 4.78 is 0. The molecule has 4 nitrogen and oxygen atoms in total. The third kappa shape index (κ3) is 4.62. The second-order valence-electron chi connectivity index (χ2n) is 5.32. The van der Waals surface area contributed by atoms with Crippen LogP contribution < -0.4 is 0 Å². The quantitative estimate of drug-likeness (QED) is 0.801. The molecule has 0 unspecified atom stereocenters. The lowest BCUT2D eigenvalue weighted by Crippen LogP contribution is -2.48. The van der Waals surface area contributed by atoms with E-state index in [2.05, 4.69) is 29.2 Å². The highest BCUT2D eigenvalue weighted by Gasteiger charge is 2.20. The van der Waals surface area contributed by atoms with E-state index in [4.69, 9.17) is 5.11 Å². The number of rotatable bonds is 6. The van der Waals surface area contributed by atoms with Gasteiger partial charge in [0.2, 0.25) is 5.91 Å². The highest BCUT2D eigenvalue weighted by Crippen LogP contribution is 2.10. The van der Waals surface area contributed by atoms with Gasteiger partial charge in [0.25, 0.3) is 0 Å². The van der Waals surface area contributed by atoms with Crippen LogP contribution in [-0.2, 0) is 11.3 Å². The first-order chi connectivity index (χ1) is 9.79. The largest absolute Gasteiger partial charge is 0.396 e. The van der Waals surface area contributed by atoms with Crippen molar-refractivity contribution in [2.75, 3.05) is 32.8 Å². The molecule has 1 aliphatic heterocycles. The van der Waals surface area contributed by atoms with Crippen LogP contribution in [0.1, 0.15) is 24.8 Å². The lowest BCUT2D eigenvalue weighted by atomic mass is 10.2. The Bertz CT molecular complexity index is 400. The maximum atomic E-state index is 12.0. The minimum Gasteiger partial charge on any atom is -0.396 e. The van der Waals surface area contributed by atoms with Gasteiger partial charge in [0.05, 0.1) is 0 Å². The van der Waals surface area contributed by atoms with Crippen LogP contribution in [0.3, 0.4) is 0 Å². The first-order valence-corrected chi connectivity index (χ1v) is 7.44. The van der Waals surface area contributed by atoms with Gasteiger partial charge in [-0.3, -0.25) is 9.69 Å². The molecule has 1 aromatic carbocycles. The Kier molecular flexibility index (Phi) is 6.02. The van der Waals surface area contributed by atoms with Crippen LogP contribution in [0, 0.1) is 0 Å². The highest BCUT2D eigenvalue weighted by molar-refractivity contribution is 5.76. The zero-order chi connectivity index (χ0) is 14.2. The van der Waals surface area contributed by atoms with E-state index >= 15 is 0 Å². The number of piperazine rings is 1. The van der Waals surface area contributed by atoms with E-state index in [1.54, 1.807) is 0 Å². The Morgan fingerprint density at radius 2 is 1.75 bits per heavy atom. The van der Waals surface area contributed by atoms with Gasteiger partial charge in [-0.25, -0.2) is 0 Å². The number of hydrogen-bond donors (Lipinski definition) is 1. The third-order valence-electron chi connectivity index (χ3n) is 3.77. The third-order valence-corrected chi connectivity index (χ3v) is 3.77. The van der Waals surface area contributed by atoms with Crippen LogP contribution in [0.25, 0.3) is 0 Å². The van der Waals surface area contributed by atoms with E-state index in [9.17, 15) is 4.79 Å². The molecule has 110 valence electrons. The van der Waals surface area contributed by atoms with Gasteiger partial charge in [0.1, 0.15) is 0 Å². The average Bonchev–Trinajstić information content (AvgIpc) is 2.49. The van der Waals surface area contributed by atoms with E-state index in [-0.39, 0.29) is 12.5 Å². The van der Waals surface area contributed by atoms with Gasteiger partial charge in [0, 0.05) is 45.8 Å². The van der Waals surface area contributed by atoms with Crippen molar-refractivity contribution in [3.63, 3.8) is 0 Å². The maximum absolute atomic E-state index is 12.0. The standard InChI is InChI=1S/C16H24N2O2/c19-13-5-4-8-16(20)18-11-9-17(10-12-18)14-15-6-2-1-3-7-15/h1-3,6-7,19H,4-5,8-14H2. The normalized spacial score (nSPS) is 16.4. The molecule has 1 amide bonds. The Balaban J connectivity index is 1.71. The van der Waals surface area contributed by atoms with E-state index < -0.39 is 0 Å². The Morgan fingerprint density at radius 3 is 2.40 bits per heavy atom. The number of nitrogens with zero attached hydrogens (tertiary/aromatic N) is 2. The maximum Gasteiger partial charge on any atom is 0.222 e. The number of aliphatic hydroxyl groups excluding tert-OH is 1. The van der Waals surface area contributed by atoms with E-state index in [0.29, 0.717) is 6.42 Å². The molecule has 4 heteroatoms. The zero-order valence-electron chi connectivity index (χ0n) is 12.0. The first-order valence-electron chi connectivity index (χ1n) is 7.44. The van der Waals surface area contributed by atoms with Crippen molar-refractivity contribution < 1.29 is 9.90 Å². The number of unbranched alkanes of at least 4 members (excludes halogenated alkanes) is 1. The lowest BCUT2D eigenvalue weighted by molar-refractivity contribution is -0.133. The van der Waals surface area contributed by atoms with Crippen LogP contribution in [0.5, 0.6) is 0 Å².